The highest BCUT2D eigenvalue weighted by Gasteiger charge is 2.19. The summed E-state index contributed by atoms with van der Waals surface area (Å²) in [5, 5.41) is 4.15. The van der Waals surface area contributed by atoms with Gasteiger partial charge in [-0.3, -0.25) is 9.78 Å². The standard InChI is InChI=1S/C27H24N2O2S/c30-26(28-19-14-16-21(17-15-19)31-20-8-2-1-3-9-20)18-32-27-22-10-4-6-12-24(22)29-25-13-7-5-11-23(25)27/h1-4,6,8-10,12,14-17H,5,7,11,13,18H2,(H,28,30). The highest BCUT2D eigenvalue weighted by atomic mass is 32.2. The van der Waals surface area contributed by atoms with Crippen molar-refractivity contribution in [1.29, 1.82) is 0 Å². The first-order chi connectivity index (χ1) is 15.8. The van der Waals surface area contributed by atoms with E-state index in [0.29, 0.717) is 5.75 Å². The average molecular weight is 441 g/mol. The summed E-state index contributed by atoms with van der Waals surface area (Å²) < 4.78 is 5.81. The van der Waals surface area contributed by atoms with Crippen molar-refractivity contribution in [1.82, 2.24) is 4.98 Å². The molecule has 1 aliphatic carbocycles. The third-order valence-electron chi connectivity index (χ3n) is 5.58. The molecule has 0 radical (unpaired) electrons. The van der Waals surface area contributed by atoms with Crippen molar-refractivity contribution in [3.8, 4) is 11.5 Å². The molecule has 1 amide bonds. The van der Waals surface area contributed by atoms with Gasteiger partial charge in [0.1, 0.15) is 11.5 Å². The number of benzene rings is 3. The van der Waals surface area contributed by atoms with Crippen molar-refractivity contribution in [2.24, 2.45) is 0 Å². The lowest BCUT2D eigenvalue weighted by Crippen LogP contribution is -2.15. The number of aryl methyl sites for hydroxylation is 1. The number of para-hydroxylation sites is 2. The van der Waals surface area contributed by atoms with Crippen LogP contribution in [0.15, 0.2) is 83.8 Å². The number of ether oxygens (including phenoxy) is 1. The molecule has 1 heterocycles. The van der Waals surface area contributed by atoms with Crippen LogP contribution in [0, 0.1) is 0 Å². The van der Waals surface area contributed by atoms with Crippen molar-refractivity contribution in [2.45, 2.75) is 30.6 Å². The molecule has 4 nitrogen and oxygen atoms in total. The van der Waals surface area contributed by atoms with Gasteiger partial charge in [0, 0.05) is 21.7 Å². The van der Waals surface area contributed by atoms with E-state index in [9.17, 15) is 4.79 Å². The third-order valence-corrected chi connectivity index (χ3v) is 6.74. The molecule has 5 rings (SSSR count). The number of pyridine rings is 1. The third kappa shape index (κ3) is 4.63. The second-order valence-electron chi connectivity index (χ2n) is 7.87. The Kier molecular flexibility index (Phi) is 6.08. The monoisotopic (exact) mass is 440 g/mol. The number of rotatable bonds is 6. The normalized spacial score (nSPS) is 12.9. The van der Waals surface area contributed by atoms with E-state index in [4.69, 9.17) is 9.72 Å². The minimum Gasteiger partial charge on any atom is -0.457 e. The Hall–Kier alpha value is -3.31. The molecule has 3 aromatic carbocycles. The summed E-state index contributed by atoms with van der Waals surface area (Å²) in [6.07, 6.45) is 4.44. The fraction of sp³-hybridized carbons (Fsp3) is 0.185. The average Bonchev–Trinajstić information content (AvgIpc) is 2.83. The molecule has 0 atom stereocenters. The van der Waals surface area contributed by atoms with Gasteiger partial charge in [0.25, 0.3) is 0 Å². The number of thioether (sulfide) groups is 1. The number of hydrogen-bond donors (Lipinski definition) is 1. The maximum atomic E-state index is 12.7. The van der Waals surface area contributed by atoms with E-state index in [1.165, 1.54) is 29.0 Å². The summed E-state index contributed by atoms with van der Waals surface area (Å²) in [4.78, 5) is 18.8. The van der Waals surface area contributed by atoms with Crippen LogP contribution in [0.2, 0.25) is 0 Å². The van der Waals surface area contributed by atoms with E-state index in [-0.39, 0.29) is 5.91 Å². The van der Waals surface area contributed by atoms with Crippen LogP contribution in [0.1, 0.15) is 24.1 Å². The Morgan fingerprint density at radius 3 is 2.44 bits per heavy atom. The van der Waals surface area contributed by atoms with E-state index in [1.807, 2.05) is 66.7 Å². The zero-order valence-corrected chi connectivity index (χ0v) is 18.5. The zero-order valence-electron chi connectivity index (χ0n) is 17.7. The summed E-state index contributed by atoms with van der Waals surface area (Å²) in [7, 11) is 0. The minimum atomic E-state index is -0.0165. The fourth-order valence-corrected chi connectivity index (χ4v) is 5.13. The van der Waals surface area contributed by atoms with E-state index < -0.39 is 0 Å². The van der Waals surface area contributed by atoms with Crippen molar-refractivity contribution >= 4 is 34.3 Å². The Morgan fingerprint density at radius 2 is 1.59 bits per heavy atom. The predicted octanol–water partition coefficient (Wildman–Crippen LogP) is 6.64. The van der Waals surface area contributed by atoms with E-state index in [2.05, 4.69) is 17.4 Å². The van der Waals surface area contributed by atoms with Crippen molar-refractivity contribution in [3.63, 3.8) is 0 Å². The lowest BCUT2D eigenvalue weighted by Gasteiger charge is -2.20. The number of nitrogens with zero attached hydrogens (tertiary/aromatic N) is 1. The number of carbonyl (C=O) groups is 1. The number of hydrogen-bond acceptors (Lipinski definition) is 4. The summed E-state index contributed by atoms with van der Waals surface area (Å²) in [5.41, 5.74) is 4.31. The fourth-order valence-electron chi connectivity index (χ4n) is 4.06. The van der Waals surface area contributed by atoms with Gasteiger partial charge >= 0.3 is 0 Å². The van der Waals surface area contributed by atoms with E-state index in [0.717, 1.165) is 40.9 Å². The molecule has 4 aromatic rings. The molecule has 160 valence electrons. The van der Waals surface area contributed by atoms with Crippen LogP contribution in [0.5, 0.6) is 11.5 Å². The van der Waals surface area contributed by atoms with E-state index >= 15 is 0 Å². The largest absolute Gasteiger partial charge is 0.457 e. The molecule has 1 N–H and O–H groups in total. The zero-order chi connectivity index (χ0) is 21.8. The molecule has 1 aromatic heterocycles. The first-order valence-electron chi connectivity index (χ1n) is 10.9. The van der Waals surface area contributed by atoms with Crippen molar-refractivity contribution in [2.75, 3.05) is 11.1 Å². The Morgan fingerprint density at radius 1 is 0.875 bits per heavy atom. The molecular weight excluding hydrogens is 416 g/mol. The van der Waals surface area contributed by atoms with Crippen LogP contribution in [0.3, 0.4) is 0 Å². The molecule has 1 aliphatic rings. The summed E-state index contributed by atoms with van der Waals surface area (Å²) in [6, 6.07) is 25.3. The second-order valence-corrected chi connectivity index (χ2v) is 8.85. The summed E-state index contributed by atoms with van der Waals surface area (Å²) in [5.74, 6) is 1.87. The quantitative estimate of drug-likeness (QED) is 0.342. The number of aromatic nitrogens is 1. The van der Waals surface area contributed by atoms with Crippen LogP contribution in [0.25, 0.3) is 10.9 Å². The topological polar surface area (TPSA) is 51.2 Å². The highest BCUT2D eigenvalue weighted by Crippen LogP contribution is 2.36. The SMILES string of the molecule is O=C(CSc1c2c(nc3ccccc13)CCCC2)Nc1ccc(Oc2ccccc2)cc1. The van der Waals surface area contributed by atoms with Crippen LogP contribution in [-0.4, -0.2) is 16.6 Å². The molecule has 0 fully saturated rings. The van der Waals surface area contributed by atoms with Gasteiger partial charge in [-0.25, -0.2) is 0 Å². The smallest absolute Gasteiger partial charge is 0.234 e. The van der Waals surface area contributed by atoms with Gasteiger partial charge in [-0.1, -0.05) is 36.4 Å². The predicted molar refractivity (Wildman–Crippen MR) is 131 cm³/mol. The number of amides is 1. The second kappa shape index (κ2) is 9.45. The molecule has 0 saturated carbocycles. The van der Waals surface area contributed by atoms with Gasteiger partial charge in [0.2, 0.25) is 5.91 Å². The maximum absolute atomic E-state index is 12.7. The number of carbonyl (C=O) groups excluding carboxylic acids is 1. The lowest BCUT2D eigenvalue weighted by molar-refractivity contribution is -0.113. The van der Waals surface area contributed by atoms with Gasteiger partial charge in [0.05, 0.1) is 11.3 Å². The highest BCUT2D eigenvalue weighted by molar-refractivity contribution is 8.00. The number of anilines is 1. The van der Waals surface area contributed by atoms with Gasteiger partial charge in [-0.2, -0.15) is 0 Å². The van der Waals surface area contributed by atoms with Gasteiger partial charge in [-0.15, -0.1) is 11.8 Å². The number of fused-ring (bicyclic) bond motifs is 2. The first kappa shape index (κ1) is 20.6. The molecule has 5 heteroatoms. The number of nitrogens with one attached hydrogen (secondary N) is 1. The maximum Gasteiger partial charge on any atom is 0.234 e. The van der Waals surface area contributed by atoms with E-state index in [1.54, 1.807) is 11.8 Å². The molecular formula is C27H24N2O2S. The molecule has 32 heavy (non-hydrogen) atoms. The molecule has 0 unspecified atom stereocenters. The molecule has 0 bridgehead atoms. The Balaban J connectivity index is 1.26. The van der Waals surface area contributed by atoms with Gasteiger partial charge in [0.15, 0.2) is 0 Å². The lowest BCUT2D eigenvalue weighted by atomic mass is 9.94. The Labute approximate surface area is 192 Å². The molecule has 0 spiro atoms. The van der Waals surface area contributed by atoms with Crippen LogP contribution in [-0.2, 0) is 17.6 Å². The molecule has 0 aliphatic heterocycles. The summed E-state index contributed by atoms with van der Waals surface area (Å²) in [6.45, 7) is 0. The van der Waals surface area contributed by atoms with Crippen LogP contribution < -0.4 is 10.1 Å². The van der Waals surface area contributed by atoms with Crippen molar-refractivity contribution in [3.05, 3.63) is 90.1 Å². The van der Waals surface area contributed by atoms with Gasteiger partial charge < -0.3 is 10.1 Å². The summed E-state index contributed by atoms with van der Waals surface area (Å²) >= 11 is 1.62. The van der Waals surface area contributed by atoms with Crippen molar-refractivity contribution < 1.29 is 9.53 Å². The Bertz CT molecular complexity index is 1240. The van der Waals surface area contributed by atoms with Crippen LogP contribution >= 0.6 is 11.8 Å². The first-order valence-corrected chi connectivity index (χ1v) is 11.9. The van der Waals surface area contributed by atoms with Gasteiger partial charge in [-0.05, 0) is 73.7 Å². The van der Waals surface area contributed by atoms with Crippen LogP contribution in [0.4, 0.5) is 5.69 Å². The minimum absolute atomic E-state index is 0.0165. The molecule has 0 saturated heterocycles.